The zero-order chi connectivity index (χ0) is 15.7. The van der Waals surface area contributed by atoms with E-state index in [0.717, 1.165) is 49.1 Å². The smallest absolute Gasteiger partial charge is 0.225 e. The van der Waals surface area contributed by atoms with Gasteiger partial charge in [0.2, 0.25) is 5.91 Å². The van der Waals surface area contributed by atoms with E-state index in [-0.39, 0.29) is 12.0 Å². The predicted molar refractivity (Wildman–Crippen MR) is 92.3 cm³/mol. The number of piperidine rings is 1. The third kappa shape index (κ3) is 3.25. The molecule has 1 saturated heterocycles. The molecule has 1 saturated carbocycles. The van der Waals surface area contributed by atoms with Crippen molar-refractivity contribution in [3.8, 4) is 0 Å². The molecule has 0 aromatic carbocycles. The minimum atomic E-state index is 0.265. The number of amides is 1. The van der Waals surface area contributed by atoms with Crippen LogP contribution in [0, 0.1) is 5.92 Å². The van der Waals surface area contributed by atoms with Crippen LogP contribution in [0.1, 0.15) is 32.1 Å². The molecule has 1 aliphatic carbocycles. The molecule has 2 aliphatic rings. The fourth-order valence-electron chi connectivity index (χ4n) is 3.23. The molecule has 0 N–H and O–H groups in total. The molecule has 1 aromatic heterocycles. The van der Waals surface area contributed by atoms with Crippen molar-refractivity contribution >= 4 is 39.3 Å². The largest absolute Gasteiger partial charge is 0.354 e. The first kappa shape index (κ1) is 16.1. The van der Waals surface area contributed by atoms with Gasteiger partial charge < -0.3 is 9.80 Å². The number of rotatable bonds is 3. The van der Waals surface area contributed by atoms with Gasteiger partial charge in [-0.3, -0.25) is 4.79 Å². The van der Waals surface area contributed by atoms with Crippen LogP contribution in [-0.2, 0) is 4.79 Å². The molecular formula is C16H21BrClN3O. The Morgan fingerprint density at radius 3 is 2.82 bits per heavy atom. The summed E-state index contributed by atoms with van der Waals surface area (Å²) in [4.78, 5) is 21.1. The van der Waals surface area contributed by atoms with Gasteiger partial charge in [-0.25, -0.2) is 4.98 Å². The first-order chi connectivity index (χ1) is 10.6. The average molecular weight is 387 g/mol. The highest BCUT2D eigenvalue weighted by atomic mass is 79.9. The normalized spacial score (nSPS) is 22.3. The molecule has 0 bridgehead atoms. The molecule has 1 atom stereocenters. The average Bonchev–Trinajstić information content (AvgIpc) is 2.44. The molecular weight excluding hydrogens is 366 g/mol. The van der Waals surface area contributed by atoms with Gasteiger partial charge >= 0.3 is 0 Å². The molecule has 3 rings (SSSR count). The van der Waals surface area contributed by atoms with Crippen molar-refractivity contribution < 1.29 is 4.79 Å². The Bertz CT molecular complexity index is 564. The van der Waals surface area contributed by atoms with E-state index in [2.05, 4.69) is 25.8 Å². The Balaban J connectivity index is 1.69. The van der Waals surface area contributed by atoms with Gasteiger partial charge in [0.15, 0.2) is 0 Å². The molecule has 1 aliphatic heterocycles. The van der Waals surface area contributed by atoms with Crippen molar-refractivity contribution in [1.29, 1.82) is 0 Å². The number of anilines is 1. The van der Waals surface area contributed by atoms with Crippen molar-refractivity contribution in [3.63, 3.8) is 0 Å². The Labute approximate surface area is 145 Å². The maximum atomic E-state index is 12.4. The summed E-state index contributed by atoms with van der Waals surface area (Å²) in [6.07, 6.45) is 7.13. The lowest BCUT2D eigenvalue weighted by Crippen LogP contribution is -2.51. The fourth-order valence-corrected chi connectivity index (χ4v) is 4.12. The molecule has 1 unspecified atom stereocenters. The van der Waals surface area contributed by atoms with Crippen LogP contribution in [-0.4, -0.2) is 42.0 Å². The molecule has 0 radical (unpaired) electrons. The van der Waals surface area contributed by atoms with E-state index in [1.54, 1.807) is 6.20 Å². The van der Waals surface area contributed by atoms with Crippen LogP contribution in [0.25, 0.3) is 0 Å². The molecule has 2 fully saturated rings. The molecule has 2 heterocycles. The van der Waals surface area contributed by atoms with E-state index >= 15 is 0 Å². The minimum absolute atomic E-state index is 0.265. The van der Waals surface area contributed by atoms with Gasteiger partial charge in [0.1, 0.15) is 5.82 Å². The second kappa shape index (κ2) is 6.75. The number of hydrogen-bond acceptors (Lipinski definition) is 3. The summed E-state index contributed by atoms with van der Waals surface area (Å²) >= 11 is 9.51. The lowest BCUT2D eigenvalue weighted by atomic mass is 9.84. The van der Waals surface area contributed by atoms with E-state index in [9.17, 15) is 4.79 Å². The van der Waals surface area contributed by atoms with Crippen molar-refractivity contribution in [2.45, 2.75) is 38.1 Å². The molecule has 22 heavy (non-hydrogen) atoms. The van der Waals surface area contributed by atoms with Gasteiger partial charge in [-0.05, 0) is 47.7 Å². The number of likely N-dealkylation sites (N-methyl/N-ethyl adjacent to an activating group) is 1. The van der Waals surface area contributed by atoms with Crippen LogP contribution in [0.15, 0.2) is 16.7 Å². The summed E-state index contributed by atoms with van der Waals surface area (Å²) in [5.74, 6) is 1.50. The molecule has 4 nitrogen and oxygen atoms in total. The minimum Gasteiger partial charge on any atom is -0.354 e. The Hall–Kier alpha value is -0.810. The van der Waals surface area contributed by atoms with Crippen molar-refractivity contribution in [1.82, 2.24) is 9.88 Å². The predicted octanol–water partition coefficient (Wildman–Crippen LogP) is 3.72. The monoisotopic (exact) mass is 385 g/mol. The van der Waals surface area contributed by atoms with Gasteiger partial charge in [0.05, 0.1) is 9.50 Å². The quantitative estimate of drug-likeness (QED) is 0.794. The van der Waals surface area contributed by atoms with E-state index in [0.29, 0.717) is 10.9 Å². The van der Waals surface area contributed by atoms with Crippen LogP contribution in [0.2, 0.25) is 5.02 Å². The maximum Gasteiger partial charge on any atom is 0.225 e. The summed E-state index contributed by atoms with van der Waals surface area (Å²) in [5.41, 5.74) is 0. The van der Waals surface area contributed by atoms with Gasteiger partial charge in [-0.2, -0.15) is 0 Å². The highest BCUT2D eigenvalue weighted by Crippen LogP contribution is 2.32. The zero-order valence-corrected chi connectivity index (χ0v) is 15.1. The number of pyridine rings is 1. The third-order valence-corrected chi connectivity index (χ3v) is 5.62. The topological polar surface area (TPSA) is 36.4 Å². The highest BCUT2D eigenvalue weighted by Gasteiger charge is 2.33. The van der Waals surface area contributed by atoms with Crippen LogP contribution in [0.4, 0.5) is 5.82 Å². The standard InChI is InChI=1S/C16H21BrClN3O/c1-20(16(22)11-4-2-5-11)13-6-3-7-21(10-13)15-14(17)8-12(18)9-19-15/h8-9,11,13H,2-7,10H2,1H3. The maximum absolute atomic E-state index is 12.4. The molecule has 0 spiro atoms. The SMILES string of the molecule is CN(C(=O)C1CCC1)C1CCCN(c2ncc(Cl)cc2Br)C1. The number of hydrogen-bond donors (Lipinski definition) is 0. The van der Waals surface area contributed by atoms with Gasteiger partial charge in [0, 0.05) is 38.3 Å². The van der Waals surface area contributed by atoms with Crippen molar-refractivity contribution in [2.24, 2.45) is 5.92 Å². The van der Waals surface area contributed by atoms with E-state index in [1.807, 2.05) is 18.0 Å². The van der Waals surface area contributed by atoms with Crippen molar-refractivity contribution in [3.05, 3.63) is 21.8 Å². The highest BCUT2D eigenvalue weighted by molar-refractivity contribution is 9.10. The van der Waals surface area contributed by atoms with Gasteiger partial charge in [-0.15, -0.1) is 0 Å². The lowest BCUT2D eigenvalue weighted by Gasteiger charge is -2.40. The summed E-state index contributed by atoms with van der Waals surface area (Å²) in [5, 5.41) is 0.626. The molecule has 1 amide bonds. The Kier molecular flexibility index (Phi) is 4.93. The second-order valence-corrected chi connectivity index (χ2v) is 7.57. The van der Waals surface area contributed by atoms with Gasteiger partial charge in [-0.1, -0.05) is 18.0 Å². The van der Waals surface area contributed by atoms with E-state index in [1.165, 1.54) is 6.42 Å². The third-order valence-electron chi connectivity index (χ3n) is 4.83. The number of carbonyl (C=O) groups is 1. The van der Waals surface area contributed by atoms with Crippen LogP contribution in [0.3, 0.4) is 0 Å². The van der Waals surface area contributed by atoms with E-state index < -0.39 is 0 Å². The zero-order valence-electron chi connectivity index (χ0n) is 12.8. The van der Waals surface area contributed by atoms with Crippen molar-refractivity contribution in [2.75, 3.05) is 25.0 Å². The van der Waals surface area contributed by atoms with Gasteiger partial charge in [0.25, 0.3) is 0 Å². The summed E-state index contributed by atoms with van der Waals surface area (Å²) < 4.78 is 0.911. The summed E-state index contributed by atoms with van der Waals surface area (Å²) in [6.45, 7) is 1.80. The lowest BCUT2D eigenvalue weighted by molar-refractivity contribution is -0.139. The molecule has 6 heteroatoms. The van der Waals surface area contributed by atoms with Crippen LogP contribution < -0.4 is 4.90 Å². The Morgan fingerprint density at radius 1 is 1.41 bits per heavy atom. The first-order valence-corrected chi connectivity index (χ1v) is 9.06. The van der Waals surface area contributed by atoms with Crippen LogP contribution >= 0.6 is 27.5 Å². The molecule has 120 valence electrons. The summed E-state index contributed by atoms with van der Waals surface area (Å²) in [6, 6.07) is 2.14. The Morgan fingerprint density at radius 2 is 2.18 bits per heavy atom. The van der Waals surface area contributed by atoms with E-state index in [4.69, 9.17) is 11.6 Å². The summed E-state index contributed by atoms with van der Waals surface area (Å²) in [7, 11) is 1.96. The fraction of sp³-hybridized carbons (Fsp3) is 0.625. The number of halogens is 2. The molecule has 1 aromatic rings. The van der Waals surface area contributed by atoms with Crippen LogP contribution in [0.5, 0.6) is 0 Å². The number of aromatic nitrogens is 1. The first-order valence-electron chi connectivity index (χ1n) is 7.89. The number of carbonyl (C=O) groups excluding carboxylic acids is 1. The number of nitrogens with zero attached hydrogens (tertiary/aromatic N) is 3. The second-order valence-electron chi connectivity index (χ2n) is 6.28.